The van der Waals surface area contributed by atoms with Gasteiger partial charge in [0.2, 0.25) is 5.95 Å². The van der Waals surface area contributed by atoms with Crippen LogP contribution in [0.15, 0.2) is 58.7 Å². The van der Waals surface area contributed by atoms with Gasteiger partial charge in [0.1, 0.15) is 5.03 Å². The lowest BCUT2D eigenvalue weighted by Gasteiger charge is -2.16. The summed E-state index contributed by atoms with van der Waals surface area (Å²) in [5, 5.41) is 10.7. The monoisotopic (exact) mass is 375 g/mol. The lowest BCUT2D eigenvalue weighted by atomic mass is 10.0. The molecule has 4 nitrogen and oxygen atoms in total. The van der Waals surface area contributed by atoms with Crippen molar-refractivity contribution in [2.75, 3.05) is 0 Å². The van der Waals surface area contributed by atoms with Crippen LogP contribution >= 0.6 is 23.4 Å². The number of aliphatic hydroxyl groups excluding tert-OH is 1. The van der Waals surface area contributed by atoms with Crippen LogP contribution in [0.4, 0.5) is 4.39 Å². The molecule has 0 aliphatic rings. The van der Waals surface area contributed by atoms with E-state index in [4.69, 9.17) is 17.3 Å². The molecule has 128 valence electrons. The Morgan fingerprint density at radius 1 is 1.16 bits per heavy atom. The van der Waals surface area contributed by atoms with E-state index >= 15 is 0 Å². The van der Waals surface area contributed by atoms with Gasteiger partial charge in [-0.15, -0.1) is 0 Å². The van der Waals surface area contributed by atoms with Gasteiger partial charge < -0.3 is 10.8 Å². The van der Waals surface area contributed by atoms with Crippen LogP contribution in [0.3, 0.4) is 0 Å². The third-order valence-corrected chi connectivity index (χ3v) is 5.33. The molecule has 0 bridgehead atoms. The minimum atomic E-state index is -0.558. The van der Waals surface area contributed by atoms with Crippen LogP contribution in [0.2, 0.25) is 5.02 Å². The van der Waals surface area contributed by atoms with E-state index in [0.717, 1.165) is 16.0 Å². The first-order valence-electron chi connectivity index (χ1n) is 7.50. The summed E-state index contributed by atoms with van der Waals surface area (Å²) in [5.74, 6) is -0.558. The second-order valence-electron chi connectivity index (χ2n) is 5.20. The summed E-state index contributed by atoms with van der Waals surface area (Å²) < 4.78 is 13.5. The van der Waals surface area contributed by atoms with Gasteiger partial charge >= 0.3 is 0 Å². The van der Waals surface area contributed by atoms with Crippen LogP contribution in [0.25, 0.3) is 11.1 Å². The van der Waals surface area contributed by atoms with E-state index in [9.17, 15) is 9.50 Å². The summed E-state index contributed by atoms with van der Waals surface area (Å²) in [6.45, 7) is 0.102. The summed E-state index contributed by atoms with van der Waals surface area (Å²) in [7, 11) is 0. The molecule has 25 heavy (non-hydrogen) atoms. The molecule has 0 amide bonds. The fraction of sp³-hybridized carbons (Fsp3) is 0.111. The van der Waals surface area contributed by atoms with E-state index in [1.807, 2.05) is 6.07 Å². The number of benzene rings is 1. The third-order valence-electron chi connectivity index (χ3n) is 3.67. The molecule has 0 saturated carbocycles. The molecule has 0 fully saturated rings. The fourth-order valence-corrected chi connectivity index (χ4v) is 3.83. The number of pyridine rings is 2. The van der Waals surface area contributed by atoms with E-state index in [1.165, 1.54) is 24.0 Å². The molecule has 2 heterocycles. The number of aromatic nitrogens is 2. The number of rotatable bonds is 5. The van der Waals surface area contributed by atoms with Crippen molar-refractivity contribution in [2.45, 2.75) is 23.1 Å². The zero-order valence-electron chi connectivity index (χ0n) is 13.1. The number of halogens is 2. The average molecular weight is 376 g/mol. The minimum absolute atomic E-state index is 0.124. The van der Waals surface area contributed by atoms with Gasteiger partial charge in [0.15, 0.2) is 0 Å². The maximum Gasteiger partial charge on any atom is 0.213 e. The van der Waals surface area contributed by atoms with Gasteiger partial charge in [0.25, 0.3) is 0 Å². The summed E-state index contributed by atoms with van der Waals surface area (Å²) >= 11 is 7.73. The first-order valence-corrected chi connectivity index (χ1v) is 8.69. The predicted octanol–water partition coefficient (Wildman–Crippen LogP) is 4.04. The normalized spacial score (nSPS) is 10.9. The second-order valence-corrected chi connectivity index (χ2v) is 6.61. The summed E-state index contributed by atoms with van der Waals surface area (Å²) in [6.07, 6.45) is 3.06. The molecule has 3 N–H and O–H groups in total. The van der Waals surface area contributed by atoms with Crippen molar-refractivity contribution in [3.8, 4) is 11.1 Å². The molecule has 0 aliphatic carbocycles. The average Bonchev–Trinajstić information content (AvgIpc) is 2.63. The van der Waals surface area contributed by atoms with Crippen molar-refractivity contribution >= 4 is 23.4 Å². The molecule has 3 aromatic rings. The van der Waals surface area contributed by atoms with Crippen molar-refractivity contribution in [2.24, 2.45) is 5.73 Å². The van der Waals surface area contributed by atoms with Crippen molar-refractivity contribution < 1.29 is 9.50 Å². The molecule has 0 unspecified atom stereocenters. The number of aliphatic hydroxyl groups is 1. The molecule has 0 atom stereocenters. The Hall–Kier alpha value is -1.99. The van der Waals surface area contributed by atoms with E-state index in [-0.39, 0.29) is 13.2 Å². The summed E-state index contributed by atoms with van der Waals surface area (Å²) in [4.78, 5) is 8.64. The smallest absolute Gasteiger partial charge is 0.213 e. The zero-order chi connectivity index (χ0) is 17.8. The predicted molar refractivity (Wildman–Crippen MR) is 96.8 cm³/mol. The summed E-state index contributed by atoms with van der Waals surface area (Å²) in [5.41, 5.74) is 8.92. The lowest BCUT2D eigenvalue weighted by molar-refractivity contribution is 0.278. The quantitative estimate of drug-likeness (QED) is 0.658. The largest absolute Gasteiger partial charge is 0.392 e. The lowest BCUT2D eigenvalue weighted by Crippen LogP contribution is -2.03. The topological polar surface area (TPSA) is 72.0 Å². The molecule has 0 aliphatic heterocycles. The van der Waals surface area contributed by atoms with Crippen molar-refractivity contribution in [3.63, 3.8) is 0 Å². The van der Waals surface area contributed by atoms with Crippen molar-refractivity contribution in [3.05, 3.63) is 70.9 Å². The number of hydrogen-bond donors (Lipinski definition) is 2. The Balaban J connectivity index is 2.12. The Kier molecular flexibility index (Phi) is 5.65. The van der Waals surface area contributed by atoms with Gasteiger partial charge in [0, 0.05) is 35.5 Å². The molecular weight excluding hydrogens is 361 g/mol. The molecule has 2 aromatic heterocycles. The molecule has 0 saturated heterocycles. The van der Waals surface area contributed by atoms with Crippen LogP contribution in [-0.2, 0) is 13.2 Å². The van der Waals surface area contributed by atoms with Crippen LogP contribution in [0, 0.1) is 5.95 Å². The Morgan fingerprint density at radius 3 is 2.72 bits per heavy atom. The Morgan fingerprint density at radius 2 is 2.00 bits per heavy atom. The Bertz CT molecular complexity index is 907. The van der Waals surface area contributed by atoms with Gasteiger partial charge in [-0.3, -0.25) is 0 Å². The standard InChI is InChI=1S/C18H15ClFN3OS/c19-15-4-3-13(11-5-7-22-16(20)8-11)14(9-21)17(15)25-18-12(10-24)2-1-6-23-18/h1-8,24H,9-10,21H2. The highest BCUT2D eigenvalue weighted by atomic mass is 35.5. The SMILES string of the molecule is NCc1c(-c2ccnc(F)c2)ccc(Cl)c1Sc1ncccc1CO. The van der Waals surface area contributed by atoms with Crippen molar-refractivity contribution in [1.82, 2.24) is 9.97 Å². The third kappa shape index (κ3) is 3.82. The first kappa shape index (κ1) is 17.8. The molecule has 1 aromatic carbocycles. The first-order chi connectivity index (χ1) is 12.1. The zero-order valence-corrected chi connectivity index (χ0v) is 14.7. The highest BCUT2D eigenvalue weighted by Gasteiger charge is 2.16. The molecular formula is C18H15ClFN3OS. The molecule has 0 radical (unpaired) electrons. The van der Waals surface area contributed by atoms with Crippen molar-refractivity contribution in [1.29, 1.82) is 0 Å². The van der Waals surface area contributed by atoms with Gasteiger partial charge in [0.05, 0.1) is 11.6 Å². The van der Waals surface area contributed by atoms with E-state index in [2.05, 4.69) is 9.97 Å². The highest BCUT2D eigenvalue weighted by Crippen LogP contribution is 2.40. The second kappa shape index (κ2) is 7.93. The van der Waals surface area contributed by atoms with Crippen LogP contribution in [0.5, 0.6) is 0 Å². The minimum Gasteiger partial charge on any atom is -0.392 e. The van der Waals surface area contributed by atoms with Gasteiger partial charge in [-0.1, -0.05) is 35.5 Å². The fourth-order valence-electron chi connectivity index (χ4n) is 2.49. The van der Waals surface area contributed by atoms with Crippen LogP contribution in [-0.4, -0.2) is 15.1 Å². The van der Waals surface area contributed by atoms with Gasteiger partial charge in [-0.2, -0.15) is 4.39 Å². The van der Waals surface area contributed by atoms with Crippen LogP contribution < -0.4 is 5.73 Å². The highest BCUT2D eigenvalue weighted by molar-refractivity contribution is 7.99. The van der Waals surface area contributed by atoms with Gasteiger partial charge in [-0.25, -0.2) is 9.97 Å². The molecule has 0 spiro atoms. The Labute approximate surface area is 153 Å². The maximum atomic E-state index is 13.5. The number of nitrogens with zero attached hydrogens (tertiary/aromatic N) is 2. The van der Waals surface area contributed by atoms with E-state index in [0.29, 0.717) is 21.2 Å². The number of hydrogen-bond acceptors (Lipinski definition) is 5. The maximum absolute atomic E-state index is 13.5. The number of nitrogens with two attached hydrogens (primary N) is 1. The van der Waals surface area contributed by atoms with E-state index < -0.39 is 5.95 Å². The molecule has 7 heteroatoms. The van der Waals surface area contributed by atoms with Crippen LogP contribution in [0.1, 0.15) is 11.1 Å². The van der Waals surface area contributed by atoms with Gasteiger partial charge in [-0.05, 0) is 34.9 Å². The van der Waals surface area contributed by atoms with E-state index in [1.54, 1.807) is 30.5 Å². The molecule has 3 rings (SSSR count). The summed E-state index contributed by atoms with van der Waals surface area (Å²) in [6, 6.07) is 10.2.